The molecule has 1 amide bonds. The monoisotopic (exact) mass is 710 g/mol. The van der Waals surface area contributed by atoms with Crippen LogP contribution in [0.3, 0.4) is 0 Å². The van der Waals surface area contributed by atoms with E-state index in [1.807, 2.05) is 36.4 Å². The zero-order valence-corrected chi connectivity index (χ0v) is 28.5. The van der Waals surface area contributed by atoms with Gasteiger partial charge in [-0.05, 0) is 83.9 Å². The summed E-state index contributed by atoms with van der Waals surface area (Å²) in [6, 6.07) is 27.4. The summed E-state index contributed by atoms with van der Waals surface area (Å²) in [7, 11) is -6.81. The standard InChI is InChI=1S/C34H34N2O7S4/c35-18-23-1-5-25(6-2-23)42-28-11-15-31(16-12-28)47(40,41)22-33-32(45-33)17-34(37)36-19-24-3-7-26(8-4-24)43-27-9-13-30(14-10-27)46(38,39)21-29-20-44-29/h1-16,29,32-33H,17-22,35H2,(H,36,37). The first-order chi connectivity index (χ1) is 22.6. The fourth-order valence-corrected chi connectivity index (χ4v) is 10.7. The Kier molecular flexibility index (Phi) is 10.2. The zero-order chi connectivity index (χ0) is 33.0. The zero-order valence-electron chi connectivity index (χ0n) is 25.3. The van der Waals surface area contributed by atoms with Crippen LogP contribution in [0.4, 0.5) is 0 Å². The average Bonchev–Trinajstić information content (AvgIpc) is 4.00. The Hall–Kier alpha value is -3.49. The molecule has 246 valence electrons. The molecule has 2 aliphatic heterocycles. The smallest absolute Gasteiger partial charge is 0.221 e. The molecule has 0 radical (unpaired) electrons. The quantitative estimate of drug-likeness (QED) is 0.150. The first-order valence-electron chi connectivity index (χ1n) is 15.0. The van der Waals surface area contributed by atoms with Crippen LogP contribution in [0.2, 0.25) is 0 Å². The van der Waals surface area contributed by atoms with Gasteiger partial charge in [0.2, 0.25) is 5.91 Å². The van der Waals surface area contributed by atoms with Crippen molar-refractivity contribution < 1.29 is 31.1 Å². The molecule has 9 nitrogen and oxygen atoms in total. The van der Waals surface area contributed by atoms with Gasteiger partial charge in [0, 0.05) is 41.0 Å². The molecule has 0 aliphatic carbocycles. The molecule has 0 saturated carbocycles. The highest BCUT2D eigenvalue weighted by Crippen LogP contribution is 2.45. The van der Waals surface area contributed by atoms with Gasteiger partial charge in [-0.2, -0.15) is 23.5 Å². The summed E-state index contributed by atoms with van der Waals surface area (Å²) in [6.45, 7) is 0.775. The molecule has 2 saturated heterocycles. The number of carbonyl (C=O) groups is 1. The predicted octanol–water partition coefficient (Wildman–Crippen LogP) is 5.58. The van der Waals surface area contributed by atoms with Gasteiger partial charge >= 0.3 is 0 Å². The highest BCUT2D eigenvalue weighted by Gasteiger charge is 2.42. The number of ether oxygens (including phenoxy) is 2. The van der Waals surface area contributed by atoms with Crippen molar-refractivity contribution in [2.75, 3.05) is 17.3 Å². The Balaban J connectivity index is 0.919. The van der Waals surface area contributed by atoms with E-state index in [9.17, 15) is 21.6 Å². The molecule has 0 spiro atoms. The van der Waals surface area contributed by atoms with Crippen LogP contribution in [0, 0.1) is 0 Å². The Labute approximate surface area is 283 Å². The van der Waals surface area contributed by atoms with Crippen LogP contribution < -0.4 is 20.5 Å². The van der Waals surface area contributed by atoms with Gasteiger partial charge in [0.05, 0.1) is 21.3 Å². The third kappa shape index (κ3) is 9.32. The minimum atomic E-state index is -3.52. The van der Waals surface area contributed by atoms with Gasteiger partial charge in [0.1, 0.15) is 23.0 Å². The largest absolute Gasteiger partial charge is 0.457 e. The van der Waals surface area contributed by atoms with Crippen molar-refractivity contribution in [2.24, 2.45) is 5.73 Å². The second-order valence-corrected chi connectivity index (χ2v) is 18.2. The normalized spacial score (nSPS) is 18.7. The van der Waals surface area contributed by atoms with Crippen LogP contribution >= 0.6 is 23.5 Å². The lowest BCUT2D eigenvalue weighted by Gasteiger charge is -2.09. The van der Waals surface area contributed by atoms with E-state index in [4.69, 9.17) is 15.2 Å². The molecule has 4 aromatic carbocycles. The van der Waals surface area contributed by atoms with E-state index < -0.39 is 19.7 Å². The molecule has 2 aliphatic rings. The number of carbonyl (C=O) groups excluding carboxylic acids is 1. The summed E-state index contributed by atoms with van der Waals surface area (Å²) < 4.78 is 62.5. The van der Waals surface area contributed by atoms with Crippen molar-refractivity contribution in [1.29, 1.82) is 0 Å². The molecule has 3 N–H and O–H groups in total. The highest BCUT2D eigenvalue weighted by atomic mass is 32.2. The SMILES string of the molecule is NCc1ccc(Oc2ccc(S(=O)(=O)CC3SC3CC(=O)NCc3ccc(Oc4ccc(S(=O)(=O)CC5CS5)cc4)cc3)cc2)cc1. The number of hydrogen-bond acceptors (Lipinski definition) is 10. The van der Waals surface area contributed by atoms with Crippen LogP contribution in [0.15, 0.2) is 107 Å². The number of nitrogens with two attached hydrogens (primary N) is 1. The number of rotatable bonds is 15. The van der Waals surface area contributed by atoms with Gasteiger partial charge in [-0.1, -0.05) is 24.3 Å². The Morgan fingerprint density at radius 2 is 1.13 bits per heavy atom. The number of nitrogens with one attached hydrogen (secondary N) is 1. The van der Waals surface area contributed by atoms with Crippen LogP contribution in [0.5, 0.6) is 23.0 Å². The maximum absolute atomic E-state index is 13.0. The van der Waals surface area contributed by atoms with Crippen molar-refractivity contribution in [1.82, 2.24) is 5.32 Å². The second kappa shape index (κ2) is 14.3. The molecule has 2 heterocycles. The number of amides is 1. The molecule has 2 fully saturated rings. The lowest BCUT2D eigenvalue weighted by molar-refractivity contribution is -0.121. The van der Waals surface area contributed by atoms with Gasteiger partial charge in [0.25, 0.3) is 0 Å². The van der Waals surface area contributed by atoms with Gasteiger partial charge in [-0.3, -0.25) is 4.79 Å². The molecule has 47 heavy (non-hydrogen) atoms. The van der Waals surface area contributed by atoms with Crippen molar-refractivity contribution in [3.05, 3.63) is 108 Å². The van der Waals surface area contributed by atoms with E-state index in [1.54, 1.807) is 72.4 Å². The molecule has 4 aromatic rings. The Bertz CT molecular complexity index is 1910. The molecule has 6 rings (SSSR count). The fraction of sp³-hybridized carbons (Fsp3) is 0.265. The highest BCUT2D eigenvalue weighted by molar-refractivity contribution is 8.08. The molecule has 13 heteroatoms. The van der Waals surface area contributed by atoms with E-state index in [-0.39, 0.29) is 44.5 Å². The number of hydrogen-bond donors (Lipinski definition) is 2. The molecule has 3 atom stereocenters. The van der Waals surface area contributed by atoms with Crippen molar-refractivity contribution >= 4 is 49.1 Å². The van der Waals surface area contributed by atoms with E-state index in [0.29, 0.717) is 41.0 Å². The Morgan fingerprint density at radius 3 is 1.60 bits per heavy atom. The first-order valence-corrected chi connectivity index (χ1v) is 20.3. The van der Waals surface area contributed by atoms with Gasteiger partial charge in [0.15, 0.2) is 19.7 Å². The average molecular weight is 711 g/mol. The predicted molar refractivity (Wildman–Crippen MR) is 186 cm³/mol. The third-order valence-corrected chi connectivity index (χ3v) is 14.1. The van der Waals surface area contributed by atoms with Gasteiger partial charge in [-0.25, -0.2) is 16.8 Å². The van der Waals surface area contributed by atoms with Crippen LogP contribution in [-0.2, 0) is 37.6 Å². The van der Waals surface area contributed by atoms with Gasteiger partial charge in [-0.15, -0.1) is 0 Å². The molecule has 0 aromatic heterocycles. The van der Waals surface area contributed by atoms with Gasteiger partial charge < -0.3 is 20.5 Å². The maximum atomic E-state index is 13.0. The van der Waals surface area contributed by atoms with Crippen molar-refractivity contribution in [2.45, 2.75) is 45.1 Å². The summed E-state index contributed by atoms with van der Waals surface area (Å²) in [6.07, 6.45) is 0.243. The lowest BCUT2D eigenvalue weighted by atomic mass is 10.2. The summed E-state index contributed by atoms with van der Waals surface area (Å²) in [4.78, 5) is 13.1. The van der Waals surface area contributed by atoms with E-state index in [1.165, 1.54) is 11.8 Å². The van der Waals surface area contributed by atoms with Crippen LogP contribution in [-0.4, -0.2) is 55.8 Å². The summed E-state index contributed by atoms with van der Waals surface area (Å²) >= 11 is 3.16. The maximum Gasteiger partial charge on any atom is 0.221 e. The first kappa shape index (κ1) is 33.4. The minimum absolute atomic E-state index is 0.0318. The van der Waals surface area contributed by atoms with E-state index in [2.05, 4.69) is 5.32 Å². The number of sulfone groups is 2. The van der Waals surface area contributed by atoms with E-state index in [0.717, 1.165) is 16.9 Å². The topological polar surface area (TPSA) is 142 Å². The Morgan fingerprint density at radius 1 is 0.681 bits per heavy atom. The van der Waals surface area contributed by atoms with Crippen molar-refractivity contribution in [3.8, 4) is 23.0 Å². The molecule has 3 unspecified atom stereocenters. The van der Waals surface area contributed by atoms with Crippen LogP contribution in [0.1, 0.15) is 17.5 Å². The number of thioether (sulfide) groups is 2. The summed E-state index contributed by atoms with van der Waals surface area (Å²) in [5, 5.41) is 2.93. The summed E-state index contributed by atoms with van der Waals surface area (Å²) in [5.74, 6) is 3.17. The van der Waals surface area contributed by atoms with Crippen molar-refractivity contribution in [3.63, 3.8) is 0 Å². The summed E-state index contributed by atoms with van der Waals surface area (Å²) in [5.41, 5.74) is 7.50. The fourth-order valence-electron chi connectivity index (χ4n) is 4.85. The number of benzene rings is 4. The van der Waals surface area contributed by atoms with Crippen LogP contribution in [0.25, 0.3) is 0 Å². The van der Waals surface area contributed by atoms with E-state index >= 15 is 0 Å². The molecular formula is C34H34N2O7S4. The minimum Gasteiger partial charge on any atom is -0.457 e. The molecule has 0 bridgehead atoms. The second-order valence-electron chi connectivity index (χ2n) is 11.4. The molecular weight excluding hydrogens is 677 g/mol. The third-order valence-electron chi connectivity index (χ3n) is 7.67. The lowest BCUT2D eigenvalue weighted by Crippen LogP contribution is -2.25.